The molecule has 0 fully saturated rings. The first-order valence-corrected chi connectivity index (χ1v) is 4.88. The molecule has 0 radical (unpaired) electrons. The van der Waals surface area contributed by atoms with E-state index in [0.717, 1.165) is 11.4 Å². The highest BCUT2D eigenvalue weighted by molar-refractivity contribution is 6.08. The van der Waals surface area contributed by atoms with Crippen LogP contribution in [-0.2, 0) is 4.79 Å². The Hall–Kier alpha value is -1.71. The van der Waals surface area contributed by atoms with Crippen LogP contribution in [0.15, 0.2) is 18.2 Å². The largest absolute Gasteiger partial charge is 0.397 e. The third-order valence-electron chi connectivity index (χ3n) is 2.71. The number of hydrogen-bond acceptors (Lipinski definition) is 3. The van der Waals surface area contributed by atoms with Crippen LogP contribution in [0.4, 0.5) is 17.1 Å². The maximum atomic E-state index is 11.9. The summed E-state index contributed by atoms with van der Waals surface area (Å²) >= 11 is 0. The highest BCUT2D eigenvalue weighted by Crippen LogP contribution is 2.38. The zero-order valence-electron chi connectivity index (χ0n) is 9.16. The van der Waals surface area contributed by atoms with Gasteiger partial charge in [-0.05, 0) is 26.0 Å². The van der Waals surface area contributed by atoms with Crippen molar-refractivity contribution in [1.29, 1.82) is 0 Å². The minimum absolute atomic E-state index is 0.0422. The second-order valence-corrected chi connectivity index (χ2v) is 4.36. The van der Waals surface area contributed by atoms with E-state index in [9.17, 15) is 4.79 Å². The zero-order valence-corrected chi connectivity index (χ0v) is 9.16. The Morgan fingerprint density at radius 2 is 2.07 bits per heavy atom. The van der Waals surface area contributed by atoms with Crippen LogP contribution in [0.5, 0.6) is 0 Å². The number of nitrogens with one attached hydrogen (secondary N) is 1. The van der Waals surface area contributed by atoms with Crippen LogP contribution in [-0.4, -0.2) is 18.5 Å². The monoisotopic (exact) mass is 205 g/mol. The Bertz CT molecular complexity index is 426. The van der Waals surface area contributed by atoms with Crippen molar-refractivity contribution in [3.05, 3.63) is 18.2 Å². The molecule has 0 atom stereocenters. The molecule has 1 heterocycles. The molecule has 0 aromatic heterocycles. The number of likely N-dealkylation sites (N-methyl/N-ethyl adjacent to an activating group) is 1. The first-order chi connectivity index (χ1) is 6.93. The molecular weight excluding hydrogens is 190 g/mol. The highest BCUT2D eigenvalue weighted by atomic mass is 16.2. The molecule has 4 nitrogen and oxygen atoms in total. The van der Waals surface area contributed by atoms with E-state index in [1.165, 1.54) is 0 Å². The molecule has 0 bridgehead atoms. The molecule has 1 aliphatic rings. The Balaban J connectivity index is 2.60. The van der Waals surface area contributed by atoms with Gasteiger partial charge in [-0.25, -0.2) is 0 Å². The van der Waals surface area contributed by atoms with Crippen LogP contribution >= 0.6 is 0 Å². The molecule has 3 N–H and O–H groups in total. The van der Waals surface area contributed by atoms with Crippen molar-refractivity contribution < 1.29 is 4.79 Å². The number of rotatable bonds is 0. The van der Waals surface area contributed by atoms with Gasteiger partial charge < -0.3 is 16.0 Å². The van der Waals surface area contributed by atoms with E-state index in [0.29, 0.717) is 5.69 Å². The number of fused-ring (bicyclic) bond motifs is 1. The Morgan fingerprint density at radius 3 is 2.73 bits per heavy atom. The SMILES string of the molecule is CN1C(=O)C(C)(C)Nc2c(N)cccc21. The molecule has 80 valence electrons. The molecular formula is C11H15N3O. The van der Waals surface area contributed by atoms with Gasteiger partial charge >= 0.3 is 0 Å². The number of para-hydroxylation sites is 1. The fourth-order valence-electron chi connectivity index (χ4n) is 1.87. The summed E-state index contributed by atoms with van der Waals surface area (Å²) in [5.41, 5.74) is 7.61. The summed E-state index contributed by atoms with van der Waals surface area (Å²) in [6, 6.07) is 5.55. The predicted octanol–water partition coefficient (Wildman–Crippen LogP) is 1.44. The fraction of sp³-hybridized carbons (Fsp3) is 0.364. The maximum Gasteiger partial charge on any atom is 0.251 e. The number of amides is 1. The van der Waals surface area contributed by atoms with Crippen LogP contribution in [0.3, 0.4) is 0 Å². The first kappa shape index (κ1) is 9.83. The molecule has 1 amide bonds. The lowest BCUT2D eigenvalue weighted by Crippen LogP contribution is -2.52. The van der Waals surface area contributed by atoms with Crippen LogP contribution in [0.1, 0.15) is 13.8 Å². The first-order valence-electron chi connectivity index (χ1n) is 4.88. The lowest BCUT2D eigenvalue weighted by Gasteiger charge is -2.38. The normalized spacial score (nSPS) is 18.3. The minimum atomic E-state index is -0.600. The number of carbonyl (C=O) groups is 1. The summed E-state index contributed by atoms with van der Waals surface area (Å²) in [7, 11) is 1.77. The molecule has 1 aliphatic heterocycles. The average Bonchev–Trinajstić information content (AvgIpc) is 2.17. The van der Waals surface area contributed by atoms with Gasteiger partial charge in [-0.1, -0.05) is 6.07 Å². The van der Waals surface area contributed by atoms with Gasteiger partial charge in [0.1, 0.15) is 5.54 Å². The van der Waals surface area contributed by atoms with Gasteiger partial charge in [0, 0.05) is 7.05 Å². The Morgan fingerprint density at radius 1 is 1.40 bits per heavy atom. The quantitative estimate of drug-likeness (QED) is 0.630. The summed E-state index contributed by atoms with van der Waals surface area (Å²) in [6.45, 7) is 3.70. The van der Waals surface area contributed by atoms with Gasteiger partial charge in [0.25, 0.3) is 5.91 Å². The van der Waals surface area contributed by atoms with Gasteiger partial charge in [-0.3, -0.25) is 4.79 Å². The highest BCUT2D eigenvalue weighted by Gasteiger charge is 2.37. The van der Waals surface area contributed by atoms with Crippen molar-refractivity contribution >= 4 is 23.0 Å². The molecule has 0 aliphatic carbocycles. The van der Waals surface area contributed by atoms with Crippen molar-refractivity contribution in [2.24, 2.45) is 0 Å². The average molecular weight is 205 g/mol. The summed E-state index contributed by atoms with van der Waals surface area (Å²) in [5.74, 6) is 0.0422. The van der Waals surface area contributed by atoms with E-state index < -0.39 is 5.54 Å². The lowest BCUT2D eigenvalue weighted by atomic mass is 9.98. The summed E-state index contributed by atoms with van der Waals surface area (Å²) in [5, 5.41) is 3.17. The van der Waals surface area contributed by atoms with Gasteiger partial charge in [0.05, 0.1) is 17.1 Å². The molecule has 15 heavy (non-hydrogen) atoms. The number of anilines is 3. The Labute approximate surface area is 89.1 Å². The molecule has 2 rings (SSSR count). The third-order valence-corrected chi connectivity index (χ3v) is 2.71. The van der Waals surface area contributed by atoms with Crippen molar-refractivity contribution in [2.75, 3.05) is 23.0 Å². The number of nitrogens with two attached hydrogens (primary N) is 1. The zero-order chi connectivity index (χ0) is 11.2. The standard InChI is InChI=1S/C11H15N3O/c1-11(2)10(15)14(3)8-6-4-5-7(12)9(8)13-11/h4-6,13H,12H2,1-3H3. The smallest absolute Gasteiger partial charge is 0.251 e. The topological polar surface area (TPSA) is 58.4 Å². The number of nitrogen functional groups attached to an aromatic ring is 1. The summed E-state index contributed by atoms with van der Waals surface area (Å²) in [6.07, 6.45) is 0. The maximum absolute atomic E-state index is 11.9. The van der Waals surface area contributed by atoms with Crippen LogP contribution < -0.4 is 16.0 Å². The van der Waals surface area contributed by atoms with Crippen molar-refractivity contribution in [1.82, 2.24) is 0 Å². The summed E-state index contributed by atoms with van der Waals surface area (Å²) < 4.78 is 0. The molecule has 1 aromatic rings. The van der Waals surface area contributed by atoms with Gasteiger partial charge in [0.2, 0.25) is 0 Å². The molecule has 0 saturated heterocycles. The van der Waals surface area contributed by atoms with Crippen LogP contribution in [0.25, 0.3) is 0 Å². The molecule has 0 unspecified atom stereocenters. The van der Waals surface area contributed by atoms with E-state index in [2.05, 4.69) is 5.32 Å². The van der Waals surface area contributed by atoms with Gasteiger partial charge in [0.15, 0.2) is 0 Å². The lowest BCUT2D eigenvalue weighted by molar-refractivity contribution is -0.121. The molecule has 4 heteroatoms. The number of nitrogens with zero attached hydrogens (tertiary/aromatic N) is 1. The van der Waals surface area contributed by atoms with Crippen LogP contribution in [0.2, 0.25) is 0 Å². The third kappa shape index (κ3) is 1.33. The van der Waals surface area contributed by atoms with E-state index in [4.69, 9.17) is 5.73 Å². The van der Waals surface area contributed by atoms with Crippen molar-refractivity contribution in [3.8, 4) is 0 Å². The second kappa shape index (κ2) is 2.89. The number of carbonyl (C=O) groups excluding carboxylic acids is 1. The van der Waals surface area contributed by atoms with E-state index >= 15 is 0 Å². The van der Waals surface area contributed by atoms with E-state index in [1.54, 1.807) is 11.9 Å². The summed E-state index contributed by atoms with van der Waals surface area (Å²) in [4.78, 5) is 13.6. The minimum Gasteiger partial charge on any atom is -0.397 e. The van der Waals surface area contributed by atoms with Gasteiger partial charge in [-0.15, -0.1) is 0 Å². The molecule has 0 spiro atoms. The molecule has 1 aromatic carbocycles. The predicted molar refractivity (Wildman–Crippen MR) is 62.0 cm³/mol. The van der Waals surface area contributed by atoms with Crippen LogP contribution in [0, 0.1) is 0 Å². The van der Waals surface area contributed by atoms with E-state index in [1.807, 2.05) is 32.0 Å². The van der Waals surface area contributed by atoms with Crippen molar-refractivity contribution in [3.63, 3.8) is 0 Å². The second-order valence-electron chi connectivity index (χ2n) is 4.36. The van der Waals surface area contributed by atoms with Crippen molar-refractivity contribution in [2.45, 2.75) is 19.4 Å². The Kier molecular flexibility index (Phi) is 1.89. The fourth-order valence-corrected chi connectivity index (χ4v) is 1.87. The van der Waals surface area contributed by atoms with Gasteiger partial charge in [-0.2, -0.15) is 0 Å². The van der Waals surface area contributed by atoms with E-state index in [-0.39, 0.29) is 5.91 Å². The number of hydrogen-bond donors (Lipinski definition) is 2. The molecule has 0 saturated carbocycles. The number of benzene rings is 1.